The van der Waals surface area contributed by atoms with E-state index < -0.39 is 0 Å². The molecule has 1 aromatic heterocycles. The number of carbonyl (C=O) groups is 1. The average molecular weight is 444 g/mol. The zero-order valence-corrected chi connectivity index (χ0v) is 19.4. The molecule has 0 atom stereocenters. The van der Waals surface area contributed by atoms with Crippen LogP contribution in [0.15, 0.2) is 48.5 Å². The van der Waals surface area contributed by atoms with Gasteiger partial charge in [0.1, 0.15) is 11.6 Å². The lowest BCUT2D eigenvalue weighted by molar-refractivity contribution is 0.0730. The highest BCUT2D eigenvalue weighted by Crippen LogP contribution is 2.31. The van der Waals surface area contributed by atoms with Crippen LogP contribution in [0.2, 0.25) is 0 Å². The molecule has 0 saturated heterocycles. The predicted octanol–water partition coefficient (Wildman–Crippen LogP) is 3.31. The minimum atomic E-state index is -0.0282. The Hall–Kier alpha value is -3.61. The molecule has 7 nitrogen and oxygen atoms in total. The summed E-state index contributed by atoms with van der Waals surface area (Å²) in [5.74, 6) is 2.22. The van der Waals surface area contributed by atoms with Gasteiger partial charge in [0.15, 0.2) is 0 Å². The van der Waals surface area contributed by atoms with E-state index in [9.17, 15) is 4.79 Å². The summed E-state index contributed by atoms with van der Waals surface area (Å²) in [6, 6.07) is 16.0. The SMILES string of the molecule is COc1ccccc1C(=O)N1CCc2nc(N3CCc4ccccc4C3)nc(N(C)C)c2C1. The molecule has 0 radical (unpaired) electrons. The quantitative estimate of drug-likeness (QED) is 0.617. The van der Waals surface area contributed by atoms with Crippen LogP contribution in [-0.2, 0) is 25.9 Å². The first-order valence-corrected chi connectivity index (χ1v) is 11.4. The van der Waals surface area contributed by atoms with Gasteiger partial charge >= 0.3 is 0 Å². The minimum Gasteiger partial charge on any atom is -0.496 e. The van der Waals surface area contributed by atoms with Crippen molar-refractivity contribution in [1.82, 2.24) is 14.9 Å². The standard InChI is InChI=1S/C26H29N5O2/c1-29(2)24-21-17-30(25(32)20-10-6-7-11-23(20)33-3)15-13-22(21)27-26(28-24)31-14-12-18-8-4-5-9-19(18)16-31/h4-11H,12-17H2,1-3H3. The molecule has 170 valence electrons. The number of hydrogen-bond acceptors (Lipinski definition) is 6. The van der Waals surface area contributed by atoms with Crippen molar-refractivity contribution in [2.24, 2.45) is 0 Å². The number of hydrogen-bond donors (Lipinski definition) is 0. The van der Waals surface area contributed by atoms with Gasteiger partial charge in [-0.15, -0.1) is 0 Å². The largest absolute Gasteiger partial charge is 0.496 e. The normalized spacial score (nSPS) is 15.0. The van der Waals surface area contributed by atoms with Gasteiger partial charge in [0.2, 0.25) is 5.95 Å². The summed E-state index contributed by atoms with van der Waals surface area (Å²) >= 11 is 0. The van der Waals surface area contributed by atoms with Crippen molar-refractivity contribution in [2.45, 2.75) is 25.9 Å². The van der Waals surface area contributed by atoms with Gasteiger partial charge in [-0.2, -0.15) is 4.98 Å². The van der Waals surface area contributed by atoms with Crippen LogP contribution < -0.4 is 14.5 Å². The van der Waals surface area contributed by atoms with Crippen molar-refractivity contribution in [3.05, 3.63) is 76.5 Å². The van der Waals surface area contributed by atoms with Crippen molar-refractivity contribution in [2.75, 3.05) is 44.1 Å². The number of ether oxygens (including phenoxy) is 1. The van der Waals surface area contributed by atoms with Crippen LogP contribution in [0.25, 0.3) is 0 Å². The third-order valence-corrected chi connectivity index (χ3v) is 6.49. The number of aromatic nitrogens is 2. The molecular weight excluding hydrogens is 414 g/mol. The van der Waals surface area contributed by atoms with Gasteiger partial charge in [-0.25, -0.2) is 4.98 Å². The van der Waals surface area contributed by atoms with Crippen LogP contribution in [-0.4, -0.2) is 55.1 Å². The van der Waals surface area contributed by atoms with Gasteiger partial charge in [0, 0.05) is 45.7 Å². The first-order chi connectivity index (χ1) is 16.0. The molecule has 0 spiro atoms. The highest BCUT2D eigenvalue weighted by atomic mass is 16.5. The predicted molar refractivity (Wildman–Crippen MR) is 129 cm³/mol. The zero-order valence-electron chi connectivity index (χ0n) is 19.4. The lowest BCUT2D eigenvalue weighted by Gasteiger charge is -2.34. The molecule has 2 aliphatic heterocycles. The monoisotopic (exact) mass is 443 g/mol. The number of nitrogens with zero attached hydrogens (tertiary/aromatic N) is 5. The Morgan fingerprint density at radius 1 is 0.939 bits per heavy atom. The maximum atomic E-state index is 13.3. The number of carbonyl (C=O) groups excluding carboxylic acids is 1. The Bertz CT molecular complexity index is 1190. The molecule has 0 saturated carbocycles. The Balaban J connectivity index is 1.44. The smallest absolute Gasteiger partial charge is 0.257 e. The van der Waals surface area contributed by atoms with Crippen LogP contribution >= 0.6 is 0 Å². The fourth-order valence-corrected chi connectivity index (χ4v) is 4.73. The van der Waals surface area contributed by atoms with E-state index >= 15 is 0 Å². The summed E-state index contributed by atoms with van der Waals surface area (Å²) < 4.78 is 5.41. The molecule has 2 aromatic carbocycles. The molecule has 0 unspecified atom stereocenters. The van der Waals surface area contributed by atoms with E-state index in [1.807, 2.05) is 48.2 Å². The van der Waals surface area contributed by atoms with Gasteiger partial charge in [-0.3, -0.25) is 4.79 Å². The number of anilines is 2. The van der Waals surface area contributed by atoms with E-state index in [0.29, 0.717) is 30.8 Å². The van der Waals surface area contributed by atoms with Crippen LogP contribution in [0, 0.1) is 0 Å². The molecule has 3 heterocycles. The molecule has 1 amide bonds. The Kier molecular flexibility index (Phi) is 5.62. The van der Waals surface area contributed by atoms with Crippen LogP contribution in [0.1, 0.15) is 32.7 Å². The molecule has 33 heavy (non-hydrogen) atoms. The minimum absolute atomic E-state index is 0.0282. The van der Waals surface area contributed by atoms with E-state index in [-0.39, 0.29) is 5.91 Å². The summed E-state index contributed by atoms with van der Waals surface area (Å²) in [7, 11) is 5.59. The highest BCUT2D eigenvalue weighted by Gasteiger charge is 2.29. The summed E-state index contributed by atoms with van der Waals surface area (Å²) in [6.45, 7) is 2.83. The highest BCUT2D eigenvalue weighted by molar-refractivity contribution is 5.97. The molecule has 3 aromatic rings. The first kappa shape index (κ1) is 21.2. The van der Waals surface area contributed by atoms with E-state index in [1.165, 1.54) is 11.1 Å². The number of benzene rings is 2. The first-order valence-electron chi connectivity index (χ1n) is 11.4. The Morgan fingerprint density at radius 2 is 1.70 bits per heavy atom. The summed E-state index contributed by atoms with van der Waals surface area (Å²) in [5, 5.41) is 0. The van der Waals surface area contributed by atoms with E-state index in [2.05, 4.69) is 29.2 Å². The number of fused-ring (bicyclic) bond motifs is 2. The summed E-state index contributed by atoms with van der Waals surface area (Å²) in [4.78, 5) is 29.4. The fourth-order valence-electron chi connectivity index (χ4n) is 4.73. The third kappa shape index (κ3) is 3.99. The van der Waals surface area contributed by atoms with Crippen molar-refractivity contribution in [3.63, 3.8) is 0 Å². The second-order valence-corrected chi connectivity index (χ2v) is 8.78. The third-order valence-electron chi connectivity index (χ3n) is 6.49. The van der Waals surface area contributed by atoms with Gasteiger partial charge in [0.05, 0.1) is 24.9 Å². The molecule has 5 rings (SSSR count). The topological polar surface area (TPSA) is 61.8 Å². The van der Waals surface area contributed by atoms with E-state index in [4.69, 9.17) is 14.7 Å². The van der Waals surface area contributed by atoms with Crippen LogP contribution in [0.4, 0.5) is 11.8 Å². The summed E-state index contributed by atoms with van der Waals surface area (Å²) in [6.07, 6.45) is 1.70. The number of rotatable bonds is 4. The Morgan fingerprint density at radius 3 is 2.48 bits per heavy atom. The molecule has 2 aliphatic rings. The molecular formula is C26H29N5O2. The zero-order chi connectivity index (χ0) is 22.9. The van der Waals surface area contributed by atoms with Crippen LogP contribution in [0.3, 0.4) is 0 Å². The average Bonchev–Trinajstić information content (AvgIpc) is 2.86. The number of para-hydroxylation sites is 1. The lowest BCUT2D eigenvalue weighted by Crippen LogP contribution is -2.38. The van der Waals surface area contributed by atoms with Crippen molar-refractivity contribution in [1.29, 1.82) is 0 Å². The number of amides is 1. The Labute approximate surface area is 194 Å². The molecule has 7 heteroatoms. The van der Waals surface area contributed by atoms with E-state index in [1.54, 1.807) is 7.11 Å². The summed E-state index contributed by atoms with van der Waals surface area (Å²) in [5.41, 5.74) is 5.39. The van der Waals surface area contributed by atoms with Crippen molar-refractivity contribution < 1.29 is 9.53 Å². The molecule has 0 aliphatic carbocycles. The maximum absolute atomic E-state index is 13.3. The molecule has 0 bridgehead atoms. The van der Waals surface area contributed by atoms with E-state index in [0.717, 1.165) is 42.5 Å². The number of methoxy groups -OCH3 is 1. The van der Waals surface area contributed by atoms with Crippen LogP contribution in [0.5, 0.6) is 5.75 Å². The second-order valence-electron chi connectivity index (χ2n) is 8.78. The van der Waals surface area contributed by atoms with Gasteiger partial charge in [0.25, 0.3) is 5.91 Å². The van der Waals surface area contributed by atoms with Gasteiger partial charge in [-0.05, 0) is 29.7 Å². The van der Waals surface area contributed by atoms with Gasteiger partial charge < -0.3 is 19.4 Å². The lowest BCUT2D eigenvalue weighted by atomic mass is 10.00. The van der Waals surface area contributed by atoms with Crippen molar-refractivity contribution in [3.8, 4) is 5.75 Å². The van der Waals surface area contributed by atoms with Crippen molar-refractivity contribution >= 4 is 17.7 Å². The molecule has 0 fully saturated rings. The van der Waals surface area contributed by atoms with Gasteiger partial charge in [-0.1, -0.05) is 36.4 Å². The maximum Gasteiger partial charge on any atom is 0.257 e. The fraction of sp³-hybridized carbons (Fsp3) is 0.346. The molecule has 0 N–H and O–H groups in total. The second kappa shape index (κ2) is 8.73.